The topological polar surface area (TPSA) is 29.9 Å². The zero-order valence-corrected chi connectivity index (χ0v) is 11.6. The minimum atomic E-state index is 0.678. The molecule has 3 nitrogen and oxygen atoms in total. The summed E-state index contributed by atoms with van der Waals surface area (Å²) in [6.07, 6.45) is 10.0. The van der Waals surface area contributed by atoms with Crippen molar-refractivity contribution in [2.24, 2.45) is 17.8 Å². The van der Waals surface area contributed by atoms with Gasteiger partial charge >= 0.3 is 0 Å². The summed E-state index contributed by atoms with van der Waals surface area (Å²) in [5.41, 5.74) is 1.25. The van der Waals surface area contributed by atoms with Gasteiger partial charge in [0.05, 0.1) is 12.7 Å². The molecular weight excluding hydrogens is 222 g/mol. The summed E-state index contributed by atoms with van der Waals surface area (Å²) in [4.78, 5) is 0. The van der Waals surface area contributed by atoms with Gasteiger partial charge in [-0.15, -0.1) is 0 Å². The molecule has 4 unspecified atom stereocenters. The minimum Gasteiger partial charge on any atom is -0.312 e. The monoisotopic (exact) mass is 247 g/mol. The average Bonchev–Trinajstić information content (AvgIpc) is 3.05. The number of hydrogen-bond acceptors (Lipinski definition) is 2. The third-order valence-corrected chi connectivity index (χ3v) is 5.00. The van der Waals surface area contributed by atoms with E-state index < -0.39 is 0 Å². The molecule has 0 aliphatic heterocycles. The highest BCUT2D eigenvalue weighted by Gasteiger charge is 2.41. The summed E-state index contributed by atoms with van der Waals surface area (Å²) < 4.78 is 2.04. The first-order valence-electron chi connectivity index (χ1n) is 7.45. The van der Waals surface area contributed by atoms with Gasteiger partial charge in [0, 0.05) is 18.8 Å². The first kappa shape index (κ1) is 12.2. The van der Waals surface area contributed by atoms with Gasteiger partial charge in [0.25, 0.3) is 0 Å². The van der Waals surface area contributed by atoms with Crippen molar-refractivity contribution >= 4 is 0 Å². The van der Waals surface area contributed by atoms with E-state index in [-0.39, 0.29) is 0 Å². The van der Waals surface area contributed by atoms with Gasteiger partial charge in [-0.3, -0.25) is 4.68 Å². The van der Waals surface area contributed by atoms with Crippen LogP contribution in [-0.4, -0.2) is 22.4 Å². The molecule has 2 aliphatic carbocycles. The van der Waals surface area contributed by atoms with E-state index >= 15 is 0 Å². The molecule has 3 heteroatoms. The van der Waals surface area contributed by atoms with Crippen LogP contribution in [-0.2, 0) is 6.54 Å². The van der Waals surface area contributed by atoms with Gasteiger partial charge in [-0.2, -0.15) is 5.10 Å². The van der Waals surface area contributed by atoms with E-state index in [2.05, 4.69) is 30.5 Å². The van der Waals surface area contributed by atoms with Gasteiger partial charge in [-0.05, 0) is 56.4 Å². The van der Waals surface area contributed by atoms with Crippen LogP contribution in [0.1, 0.15) is 38.2 Å². The number of aryl methyl sites for hydroxylation is 1. The van der Waals surface area contributed by atoms with Crippen molar-refractivity contribution in [1.29, 1.82) is 0 Å². The summed E-state index contributed by atoms with van der Waals surface area (Å²) in [5, 5.41) is 8.03. The van der Waals surface area contributed by atoms with Crippen LogP contribution < -0.4 is 5.32 Å². The Hall–Kier alpha value is -0.830. The second-order valence-electron chi connectivity index (χ2n) is 6.36. The van der Waals surface area contributed by atoms with Crippen molar-refractivity contribution in [3.63, 3.8) is 0 Å². The van der Waals surface area contributed by atoms with E-state index in [1.807, 2.05) is 10.9 Å². The zero-order valence-electron chi connectivity index (χ0n) is 11.6. The predicted octanol–water partition coefficient (Wildman–Crippen LogP) is 2.61. The van der Waals surface area contributed by atoms with E-state index in [0.717, 1.165) is 30.8 Å². The molecule has 2 saturated carbocycles. The second kappa shape index (κ2) is 5.04. The molecule has 100 valence electrons. The third kappa shape index (κ3) is 2.46. The summed E-state index contributed by atoms with van der Waals surface area (Å²) in [7, 11) is 0. The first-order valence-corrected chi connectivity index (χ1v) is 7.45. The van der Waals surface area contributed by atoms with Gasteiger partial charge in [0.1, 0.15) is 0 Å². The smallest absolute Gasteiger partial charge is 0.0534 e. The fourth-order valence-electron chi connectivity index (χ4n) is 4.05. The summed E-state index contributed by atoms with van der Waals surface area (Å²) in [6.45, 7) is 6.49. The molecule has 1 aromatic rings. The molecule has 1 aromatic heterocycles. The Labute approximate surface area is 110 Å². The van der Waals surface area contributed by atoms with E-state index in [4.69, 9.17) is 0 Å². The first-order chi connectivity index (χ1) is 8.72. The van der Waals surface area contributed by atoms with Crippen LogP contribution in [0, 0.1) is 24.7 Å². The van der Waals surface area contributed by atoms with E-state index in [0.29, 0.717) is 6.04 Å². The molecule has 0 saturated heterocycles. The maximum atomic E-state index is 4.32. The highest BCUT2D eigenvalue weighted by molar-refractivity contribution is 4.99. The molecule has 1 N–H and O–H groups in total. The molecular formula is C15H25N3. The van der Waals surface area contributed by atoms with Crippen molar-refractivity contribution in [1.82, 2.24) is 15.1 Å². The molecule has 0 spiro atoms. The van der Waals surface area contributed by atoms with E-state index in [1.165, 1.54) is 31.2 Å². The van der Waals surface area contributed by atoms with Crippen LogP contribution >= 0.6 is 0 Å². The van der Waals surface area contributed by atoms with Gasteiger partial charge in [-0.1, -0.05) is 6.42 Å². The quantitative estimate of drug-likeness (QED) is 0.867. The van der Waals surface area contributed by atoms with Crippen molar-refractivity contribution < 1.29 is 0 Å². The van der Waals surface area contributed by atoms with Crippen LogP contribution in [0.4, 0.5) is 0 Å². The fourth-order valence-corrected chi connectivity index (χ4v) is 4.05. The Balaban J connectivity index is 1.43. The molecule has 4 atom stereocenters. The zero-order chi connectivity index (χ0) is 12.5. The Bertz CT molecular complexity index is 398. The Kier molecular flexibility index (Phi) is 3.42. The van der Waals surface area contributed by atoms with Gasteiger partial charge in [0.2, 0.25) is 0 Å². The number of nitrogens with one attached hydrogen (secondary N) is 1. The lowest BCUT2D eigenvalue weighted by molar-refractivity contribution is 0.258. The van der Waals surface area contributed by atoms with Gasteiger partial charge < -0.3 is 5.32 Å². The molecule has 0 aromatic carbocycles. The number of fused-ring (bicyclic) bond motifs is 2. The Morgan fingerprint density at radius 3 is 2.94 bits per heavy atom. The highest BCUT2D eigenvalue weighted by Crippen LogP contribution is 2.49. The Morgan fingerprint density at radius 2 is 2.33 bits per heavy atom. The predicted molar refractivity (Wildman–Crippen MR) is 73.4 cm³/mol. The van der Waals surface area contributed by atoms with Crippen LogP contribution in [0.5, 0.6) is 0 Å². The molecule has 3 rings (SSSR count). The standard InChI is InChI=1S/C15H25N3/c1-11-9-17-18(10-11)6-5-16-12(2)15-8-13-3-4-14(15)7-13/h9-10,12-16H,3-8H2,1-2H3. The Morgan fingerprint density at radius 1 is 1.44 bits per heavy atom. The summed E-state index contributed by atoms with van der Waals surface area (Å²) in [5.74, 6) is 3.01. The van der Waals surface area contributed by atoms with Crippen molar-refractivity contribution in [2.45, 2.75) is 52.1 Å². The molecule has 2 bridgehead atoms. The number of nitrogens with zero attached hydrogens (tertiary/aromatic N) is 2. The fraction of sp³-hybridized carbons (Fsp3) is 0.800. The van der Waals surface area contributed by atoms with Crippen LogP contribution in [0.25, 0.3) is 0 Å². The van der Waals surface area contributed by atoms with Crippen molar-refractivity contribution in [2.75, 3.05) is 6.54 Å². The van der Waals surface area contributed by atoms with Gasteiger partial charge in [-0.25, -0.2) is 0 Å². The number of aromatic nitrogens is 2. The molecule has 1 heterocycles. The lowest BCUT2D eigenvalue weighted by Gasteiger charge is -2.28. The summed E-state index contributed by atoms with van der Waals surface area (Å²) in [6, 6.07) is 0.678. The lowest BCUT2D eigenvalue weighted by Crippen LogP contribution is -2.38. The van der Waals surface area contributed by atoms with Crippen LogP contribution in [0.2, 0.25) is 0 Å². The third-order valence-electron chi connectivity index (χ3n) is 5.00. The van der Waals surface area contributed by atoms with Crippen molar-refractivity contribution in [3.05, 3.63) is 18.0 Å². The normalized spacial score (nSPS) is 32.0. The second-order valence-corrected chi connectivity index (χ2v) is 6.36. The number of hydrogen-bond donors (Lipinski definition) is 1. The molecule has 2 aliphatic rings. The maximum absolute atomic E-state index is 4.32. The lowest BCUT2D eigenvalue weighted by atomic mass is 9.84. The van der Waals surface area contributed by atoms with Gasteiger partial charge in [0.15, 0.2) is 0 Å². The van der Waals surface area contributed by atoms with Crippen LogP contribution in [0.3, 0.4) is 0 Å². The largest absolute Gasteiger partial charge is 0.312 e. The van der Waals surface area contributed by atoms with E-state index in [1.54, 1.807) is 0 Å². The highest BCUT2D eigenvalue weighted by atomic mass is 15.3. The average molecular weight is 247 g/mol. The minimum absolute atomic E-state index is 0.678. The summed E-state index contributed by atoms with van der Waals surface area (Å²) >= 11 is 0. The van der Waals surface area contributed by atoms with Crippen molar-refractivity contribution in [3.8, 4) is 0 Å². The van der Waals surface area contributed by atoms with Crippen LogP contribution in [0.15, 0.2) is 12.4 Å². The number of rotatable bonds is 5. The molecule has 0 amide bonds. The van der Waals surface area contributed by atoms with E-state index in [9.17, 15) is 0 Å². The molecule has 2 fully saturated rings. The SMILES string of the molecule is Cc1cnn(CCNC(C)C2CC3CCC2C3)c1. The molecule has 0 radical (unpaired) electrons. The molecule has 18 heavy (non-hydrogen) atoms. The maximum Gasteiger partial charge on any atom is 0.0534 e.